The standard InChI is InChI=1S/C19H17N3.C19H15N3.2C13H8NO.C2H6O.3CH4O.2Ir/c2*1-21-14-22(19-8-3-2-7-18(19)21)17-6-4-5-16(13-17)15-9-11-20-12-10-15;2*1-2-6-10(7-3-1)13-11-8-4-5-9-12(11)15-14-13;1-2-3;3*1-2;;/h2-13H,14H2,1H3;2-5,7-14H,1H3;2*1-6,8-9H;3H,2H2,1H3;3*2H,1H3;;/q;-2;2*-1;;;;;;+3. The maximum atomic E-state index is 7.57. The van der Waals surface area contributed by atoms with Crippen LogP contribution in [0.2, 0.25) is 0 Å². The molecule has 0 aliphatic carbocycles. The Balaban J connectivity index is 0.000000199. The summed E-state index contributed by atoms with van der Waals surface area (Å²) in [7, 11) is 7.19. The summed E-state index contributed by atoms with van der Waals surface area (Å²) in [6.45, 7) is 4.89. The fraction of sp³-hybridized carbons (Fsp3) is 0.116. The molecule has 1 radical (unpaired) electrons. The first-order chi connectivity index (χ1) is 41.0. The number of rotatable bonds is 6. The first-order valence-electron chi connectivity index (χ1n) is 26.5. The minimum Gasteiger partial charge on any atom is -0.504 e. The van der Waals surface area contributed by atoms with Gasteiger partial charge in [-0.15, -0.1) is 99.4 Å². The Labute approximate surface area is 524 Å². The molecule has 0 fully saturated rings. The zero-order valence-electron chi connectivity index (χ0n) is 47.9. The largest absolute Gasteiger partial charge is 3.00 e. The average molecular weight is 1490 g/mol. The summed E-state index contributed by atoms with van der Waals surface area (Å²) >= 11 is 0. The zero-order chi connectivity index (χ0) is 58.8. The molecule has 437 valence electrons. The molecule has 2 aliphatic heterocycles. The van der Waals surface area contributed by atoms with Crippen molar-refractivity contribution in [1.82, 2.24) is 20.3 Å². The maximum absolute atomic E-state index is 7.57. The van der Waals surface area contributed by atoms with Crippen LogP contribution >= 0.6 is 0 Å². The van der Waals surface area contributed by atoms with Crippen molar-refractivity contribution in [1.29, 1.82) is 0 Å². The molecule has 0 amide bonds. The zero-order valence-corrected chi connectivity index (χ0v) is 52.6. The van der Waals surface area contributed by atoms with Gasteiger partial charge in [0.2, 0.25) is 0 Å². The third kappa shape index (κ3) is 17.2. The van der Waals surface area contributed by atoms with Gasteiger partial charge in [0.1, 0.15) is 0 Å². The van der Waals surface area contributed by atoms with Crippen LogP contribution in [-0.4, -0.2) is 89.4 Å². The Bertz CT molecular complexity index is 3560. The summed E-state index contributed by atoms with van der Waals surface area (Å²) in [6.07, 6.45) is 7.30. The van der Waals surface area contributed by atoms with Crippen LogP contribution in [0.15, 0.2) is 246 Å². The van der Waals surface area contributed by atoms with Crippen LogP contribution in [0.5, 0.6) is 0 Å². The predicted octanol–water partition coefficient (Wildman–Crippen LogP) is 14.0. The van der Waals surface area contributed by atoms with Crippen LogP contribution in [0.3, 0.4) is 0 Å². The van der Waals surface area contributed by atoms with E-state index in [4.69, 9.17) is 29.5 Å². The van der Waals surface area contributed by atoms with Gasteiger partial charge < -0.3 is 49.1 Å². The van der Waals surface area contributed by atoms with Gasteiger partial charge in [-0.1, -0.05) is 72.8 Å². The number of para-hydroxylation sites is 6. The molecular formula is C69H66Ir2N8O6-. The molecular weight excluding hydrogens is 1420 g/mol. The Morgan fingerprint density at radius 3 is 1.46 bits per heavy atom. The van der Waals surface area contributed by atoms with E-state index in [0.29, 0.717) is 0 Å². The number of aliphatic hydroxyl groups excluding tert-OH is 4. The van der Waals surface area contributed by atoms with Crippen molar-refractivity contribution in [2.45, 2.75) is 6.92 Å². The minimum atomic E-state index is 0. The van der Waals surface area contributed by atoms with Crippen LogP contribution < -0.4 is 19.6 Å². The van der Waals surface area contributed by atoms with E-state index in [9.17, 15) is 0 Å². The van der Waals surface area contributed by atoms with Crippen molar-refractivity contribution >= 4 is 56.1 Å². The van der Waals surface area contributed by atoms with Crippen molar-refractivity contribution in [3.05, 3.63) is 262 Å². The van der Waals surface area contributed by atoms with Gasteiger partial charge in [-0.25, -0.2) is 0 Å². The molecule has 12 aromatic rings. The van der Waals surface area contributed by atoms with Gasteiger partial charge in [0, 0.05) is 119 Å². The number of hydrogen-bond acceptors (Lipinski definition) is 14. The number of aliphatic hydroxyl groups is 4. The maximum Gasteiger partial charge on any atom is 3.00 e. The number of nitrogens with zero attached hydrogens (tertiary/aromatic N) is 8. The topological polar surface area (TPSA) is 172 Å². The molecule has 0 saturated carbocycles. The minimum absolute atomic E-state index is 0. The molecule has 14 nitrogen and oxygen atoms in total. The number of hydrogen-bond donors (Lipinski definition) is 4. The molecule has 2 aliphatic rings. The molecule has 16 heteroatoms. The van der Waals surface area contributed by atoms with Crippen molar-refractivity contribution in [2.24, 2.45) is 0 Å². The first-order valence-corrected chi connectivity index (χ1v) is 26.5. The van der Waals surface area contributed by atoms with Crippen LogP contribution in [0.1, 0.15) is 6.92 Å². The summed E-state index contributed by atoms with van der Waals surface area (Å²) in [5.41, 5.74) is 17.1. The third-order valence-electron chi connectivity index (χ3n) is 12.7. The summed E-state index contributed by atoms with van der Waals surface area (Å²) in [6, 6.07) is 80.7. The van der Waals surface area contributed by atoms with E-state index >= 15 is 0 Å². The summed E-state index contributed by atoms with van der Waals surface area (Å²) in [4.78, 5) is 17.1. The second-order valence-electron chi connectivity index (χ2n) is 17.7. The van der Waals surface area contributed by atoms with Crippen LogP contribution in [0, 0.1) is 24.9 Å². The molecule has 0 atom stereocenters. The van der Waals surface area contributed by atoms with Gasteiger partial charge in [-0.3, -0.25) is 9.97 Å². The molecule has 0 saturated heterocycles. The van der Waals surface area contributed by atoms with Gasteiger partial charge in [-0.2, -0.15) is 24.9 Å². The van der Waals surface area contributed by atoms with Crippen molar-refractivity contribution in [3.63, 3.8) is 0 Å². The van der Waals surface area contributed by atoms with Crippen molar-refractivity contribution < 1.29 is 69.7 Å². The molecule has 14 rings (SSSR count). The molecule has 85 heavy (non-hydrogen) atoms. The second kappa shape index (κ2) is 35.5. The average Bonchev–Trinajstić information content (AvgIpc) is 3.00. The summed E-state index contributed by atoms with van der Waals surface area (Å²) < 4.78 is 10.5. The quantitative estimate of drug-likeness (QED) is 0.116. The molecule has 0 bridgehead atoms. The van der Waals surface area contributed by atoms with E-state index in [-0.39, 0.29) is 46.8 Å². The van der Waals surface area contributed by atoms with Gasteiger partial charge in [0.15, 0.2) is 11.2 Å². The molecule has 0 unspecified atom stereocenters. The van der Waals surface area contributed by atoms with Gasteiger partial charge in [0.25, 0.3) is 0 Å². The van der Waals surface area contributed by atoms with E-state index in [1.165, 1.54) is 39.6 Å². The Hall–Kier alpha value is -8.66. The van der Waals surface area contributed by atoms with Crippen molar-refractivity contribution in [2.75, 3.05) is 68.3 Å². The molecule has 6 heterocycles. The van der Waals surface area contributed by atoms with Crippen LogP contribution in [-0.2, 0) is 40.2 Å². The van der Waals surface area contributed by atoms with Crippen molar-refractivity contribution in [3.8, 4) is 44.8 Å². The van der Waals surface area contributed by atoms with E-state index in [2.05, 4.69) is 164 Å². The number of aromatic nitrogens is 4. The predicted molar refractivity (Wildman–Crippen MR) is 335 cm³/mol. The molecule has 8 aromatic carbocycles. The summed E-state index contributed by atoms with van der Waals surface area (Å²) in [5.74, 6) is 0. The fourth-order valence-corrected chi connectivity index (χ4v) is 9.01. The third-order valence-corrected chi connectivity index (χ3v) is 12.7. The van der Waals surface area contributed by atoms with Crippen LogP contribution in [0.25, 0.3) is 66.7 Å². The Kier molecular flexibility index (Phi) is 28.0. The van der Waals surface area contributed by atoms with Gasteiger partial charge in [-0.05, 0) is 103 Å². The molecule has 4 N–H and O–H groups in total. The second-order valence-corrected chi connectivity index (χ2v) is 17.7. The van der Waals surface area contributed by atoms with E-state index < -0.39 is 0 Å². The van der Waals surface area contributed by atoms with E-state index in [1.807, 2.05) is 152 Å². The first kappa shape index (κ1) is 67.1. The number of fused-ring (bicyclic) bond motifs is 4. The smallest absolute Gasteiger partial charge is 0.504 e. The SMILES string of the molecule is CCO.CN1CN(c2cccc(-c3ccncc3)c2)c2ccccc21.CN1[CH-]N(c2[c-]ccc(-c3ccncc3)c2)c2ccccc21.CO.CO.CO.[Ir+3].[Ir].[c-]1ccccc1-c1noc2ccccc12.[c-]1ccccc1-c1noc2ccccc12. The van der Waals surface area contributed by atoms with Gasteiger partial charge >= 0.3 is 20.1 Å². The van der Waals surface area contributed by atoms with E-state index in [0.717, 1.165) is 89.3 Å². The Morgan fingerprint density at radius 1 is 0.482 bits per heavy atom. The normalized spacial score (nSPS) is 11.1. The monoisotopic (exact) mass is 1490 g/mol. The molecule has 0 spiro atoms. The summed E-state index contributed by atoms with van der Waals surface area (Å²) in [5, 5.41) is 38.7. The number of benzene rings is 8. The fourth-order valence-electron chi connectivity index (χ4n) is 9.01. The van der Waals surface area contributed by atoms with E-state index in [1.54, 1.807) is 6.92 Å². The van der Waals surface area contributed by atoms with Crippen LogP contribution in [0.4, 0.5) is 34.1 Å². The number of pyridine rings is 2. The number of anilines is 6. The molecule has 4 aromatic heterocycles. The Morgan fingerprint density at radius 2 is 0.941 bits per heavy atom. The van der Waals surface area contributed by atoms with Gasteiger partial charge in [0.05, 0.1) is 18.0 Å².